The zero-order chi connectivity index (χ0) is 15.2. The standard InChI is InChI=1S/C12H21N5O3/c1-12(2,3)17(7-5-10(18)19)11(20)13-6-4-9-14-8-15-16-9/h8H,4-7H2,1-3H3,(H,13,20)(H,18,19)(H,14,15,16). The van der Waals surface area contributed by atoms with Gasteiger partial charge >= 0.3 is 12.0 Å². The minimum atomic E-state index is -0.922. The number of rotatable bonds is 6. The smallest absolute Gasteiger partial charge is 0.317 e. The summed E-state index contributed by atoms with van der Waals surface area (Å²) < 4.78 is 0. The van der Waals surface area contributed by atoms with Gasteiger partial charge in [0.1, 0.15) is 12.2 Å². The molecule has 112 valence electrons. The van der Waals surface area contributed by atoms with Gasteiger partial charge in [-0.15, -0.1) is 0 Å². The molecule has 0 aliphatic rings. The van der Waals surface area contributed by atoms with Gasteiger partial charge in [0, 0.05) is 25.0 Å². The number of nitrogens with one attached hydrogen (secondary N) is 2. The minimum Gasteiger partial charge on any atom is -0.481 e. The fourth-order valence-electron chi connectivity index (χ4n) is 1.68. The molecule has 0 radical (unpaired) electrons. The van der Waals surface area contributed by atoms with E-state index < -0.39 is 11.5 Å². The summed E-state index contributed by atoms with van der Waals surface area (Å²) in [5.41, 5.74) is -0.439. The molecule has 1 aromatic rings. The second-order valence-electron chi connectivity index (χ2n) is 5.38. The maximum absolute atomic E-state index is 12.1. The van der Waals surface area contributed by atoms with Gasteiger partial charge < -0.3 is 15.3 Å². The van der Waals surface area contributed by atoms with Crippen LogP contribution in [0.4, 0.5) is 4.79 Å². The zero-order valence-electron chi connectivity index (χ0n) is 12.0. The van der Waals surface area contributed by atoms with E-state index in [1.165, 1.54) is 11.2 Å². The maximum Gasteiger partial charge on any atom is 0.317 e. The van der Waals surface area contributed by atoms with Gasteiger partial charge in [0.25, 0.3) is 0 Å². The molecular weight excluding hydrogens is 262 g/mol. The van der Waals surface area contributed by atoms with Gasteiger partial charge in [0.15, 0.2) is 0 Å². The Balaban J connectivity index is 2.48. The number of carbonyl (C=O) groups excluding carboxylic acids is 1. The van der Waals surface area contributed by atoms with E-state index in [0.717, 1.165) is 0 Å². The Morgan fingerprint density at radius 3 is 2.65 bits per heavy atom. The summed E-state index contributed by atoms with van der Waals surface area (Å²) in [5, 5.41) is 17.9. The highest BCUT2D eigenvalue weighted by atomic mass is 16.4. The third-order valence-electron chi connectivity index (χ3n) is 2.71. The molecule has 1 heterocycles. The summed E-state index contributed by atoms with van der Waals surface area (Å²) in [7, 11) is 0. The van der Waals surface area contributed by atoms with Crippen molar-refractivity contribution in [3.63, 3.8) is 0 Å². The van der Waals surface area contributed by atoms with E-state index in [0.29, 0.717) is 18.8 Å². The highest BCUT2D eigenvalue weighted by molar-refractivity contribution is 5.76. The average Bonchev–Trinajstić information content (AvgIpc) is 2.79. The maximum atomic E-state index is 12.1. The molecule has 0 aliphatic carbocycles. The van der Waals surface area contributed by atoms with Gasteiger partial charge in [-0.25, -0.2) is 9.78 Å². The Bertz CT molecular complexity index is 438. The number of carboxylic acid groups (broad SMARTS) is 1. The van der Waals surface area contributed by atoms with Crippen LogP contribution >= 0.6 is 0 Å². The monoisotopic (exact) mass is 283 g/mol. The fourth-order valence-corrected chi connectivity index (χ4v) is 1.68. The third kappa shape index (κ3) is 5.25. The van der Waals surface area contributed by atoms with Crippen LogP contribution in [0.1, 0.15) is 33.0 Å². The lowest BCUT2D eigenvalue weighted by Gasteiger charge is -2.35. The van der Waals surface area contributed by atoms with Crippen LogP contribution in [0.3, 0.4) is 0 Å². The number of hydrogen-bond donors (Lipinski definition) is 3. The first kappa shape index (κ1) is 15.9. The first-order chi connectivity index (χ1) is 9.30. The number of H-pyrrole nitrogens is 1. The van der Waals surface area contributed by atoms with Crippen LogP contribution in [0.25, 0.3) is 0 Å². The molecule has 0 aromatic carbocycles. The summed E-state index contributed by atoms with van der Waals surface area (Å²) in [4.78, 5) is 28.2. The summed E-state index contributed by atoms with van der Waals surface area (Å²) in [6.07, 6.45) is 1.88. The van der Waals surface area contributed by atoms with Crippen LogP contribution < -0.4 is 5.32 Å². The predicted octanol–water partition coefficient (Wildman–Crippen LogP) is 0.632. The summed E-state index contributed by atoms with van der Waals surface area (Å²) in [6.45, 7) is 6.18. The van der Waals surface area contributed by atoms with Crippen molar-refractivity contribution in [2.45, 2.75) is 39.2 Å². The van der Waals surface area contributed by atoms with E-state index in [1.54, 1.807) is 0 Å². The van der Waals surface area contributed by atoms with Crippen molar-refractivity contribution in [2.75, 3.05) is 13.1 Å². The Labute approximate surface area is 117 Å². The molecule has 0 spiro atoms. The number of urea groups is 1. The van der Waals surface area contributed by atoms with E-state index in [4.69, 9.17) is 5.11 Å². The number of carbonyl (C=O) groups is 2. The molecule has 0 saturated carbocycles. The lowest BCUT2D eigenvalue weighted by atomic mass is 10.1. The van der Waals surface area contributed by atoms with Crippen LogP contribution in [-0.4, -0.2) is 55.8 Å². The van der Waals surface area contributed by atoms with Crippen LogP contribution in [0.2, 0.25) is 0 Å². The number of aromatic nitrogens is 3. The van der Waals surface area contributed by atoms with E-state index in [2.05, 4.69) is 20.5 Å². The van der Waals surface area contributed by atoms with Gasteiger partial charge in [-0.2, -0.15) is 5.10 Å². The van der Waals surface area contributed by atoms with Gasteiger partial charge in [0.05, 0.1) is 6.42 Å². The molecule has 2 amide bonds. The summed E-state index contributed by atoms with van der Waals surface area (Å²) >= 11 is 0. The average molecular weight is 283 g/mol. The summed E-state index contributed by atoms with van der Waals surface area (Å²) in [6, 6.07) is -0.279. The van der Waals surface area contributed by atoms with Crippen molar-refractivity contribution in [3.05, 3.63) is 12.2 Å². The zero-order valence-corrected chi connectivity index (χ0v) is 12.0. The highest BCUT2D eigenvalue weighted by Gasteiger charge is 2.26. The van der Waals surface area contributed by atoms with Crippen molar-refractivity contribution in [1.82, 2.24) is 25.4 Å². The molecule has 8 nitrogen and oxygen atoms in total. The number of aromatic amines is 1. The first-order valence-electron chi connectivity index (χ1n) is 6.42. The second kappa shape index (κ2) is 6.88. The van der Waals surface area contributed by atoms with E-state index in [9.17, 15) is 9.59 Å². The van der Waals surface area contributed by atoms with Crippen molar-refractivity contribution in [2.24, 2.45) is 0 Å². The Morgan fingerprint density at radius 1 is 1.45 bits per heavy atom. The van der Waals surface area contributed by atoms with Crippen molar-refractivity contribution in [3.8, 4) is 0 Å². The Morgan fingerprint density at radius 2 is 2.15 bits per heavy atom. The molecule has 0 fully saturated rings. The lowest BCUT2D eigenvalue weighted by Crippen LogP contribution is -2.51. The third-order valence-corrected chi connectivity index (χ3v) is 2.71. The minimum absolute atomic E-state index is 0.0766. The molecular formula is C12H21N5O3. The quantitative estimate of drug-likeness (QED) is 0.709. The first-order valence-corrected chi connectivity index (χ1v) is 6.42. The van der Waals surface area contributed by atoms with Gasteiger partial charge in [-0.1, -0.05) is 0 Å². The van der Waals surface area contributed by atoms with Crippen molar-refractivity contribution < 1.29 is 14.7 Å². The van der Waals surface area contributed by atoms with E-state index in [1.807, 2.05) is 20.8 Å². The topological polar surface area (TPSA) is 111 Å². The highest BCUT2D eigenvalue weighted by Crippen LogP contribution is 2.13. The van der Waals surface area contributed by atoms with E-state index in [-0.39, 0.29) is 19.0 Å². The van der Waals surface area contributed by atoms with Gasteiger partial charge in [-0.3, -0.25) is 9.89 Å². The second-order valence-corrected chi connectivity index (χ2v) is 5.38. The SMILES string of the molecule is CC(C)(C)N(CCC(=O)O)C(=O)NCCc1ncn[nH]1. The largest absolute Gasteiger partial charge is 0.481 e. The molecule has 0 unspecified atom stereocenters. The molecule has 0 aliphatic heterocycles. The molecule has 1 aromatic heterocycles. The Kier molecular flexibility index (Phi) is 5.48. The molecule has 20 heavy (non-hydrogen) atoms. The number of carboxylic acids is 1. The number of hydrogen-bond acceptors (Lipinski definition) is 4. The van der Waals surface area contributed by atoms with Crippen LogP contribution in [-0.2, 0) is 11.2 Å². The van der Waals surface area contributed by atoms with Gasteiger partial charge in [-0.05, 0) is 20.8 Å². The molecule has 1 rings (SSSR count). The number of nitrogens with zero attached hydrogens (tertiary/aromatic N) is 3. The number of aliphatic carboxylic acids is 1. The molecule has 8 heteroatoms. The van der Waals surface area contributed by atoms with Crippen molar-refractivity contribution >= 4 is 12.0 Å². The lowest BCUT2D eigenvalue weighted by molar-refractivity contribution is -0.137. The summed E-state index contributed by atoms with van der Waals surface area (Å²) in [5.74, 6) is -0.230. The molecule has 0 atom stereocenters. The van der Waals surface area contributed by atoms with Crippen LogP contribution in [0, 0.1) is 0 Å². The van der Waals surface area contributed by atoms with Gasteiger partial charge in [0.2, 0.25) is 0 Å². The van der Waals surface area contributed by atoms with E-state index >= 15 is 0 Å². The normalized spacial score (nSPS) is 11.2. The molecule has 0 bridgehead atoms. The predicted molar refractivity (Wildman–Crippen MR) is 72.2 cm³/mol. The van der Waals surface area contributed by atoms with Crippen molar-refractivity contribution in [1.29, 1.82) is 0 Å². The molecule has 0 saturated heterocycles. The van der Waals surface area contributed by atoms with Crippen LogP contribution in [0.5, 0.6) is 0 Å². The Hall–Kier alpha value is -2.12. The van der Waals surface area contributed by atoms with Crippen LogP contribution in [0.15, 0.2) is 6.33 Å². The molecule has 3 N–H and O–H groups in total. The fraction of sp³-hybridized carbons (Fsp3) is 0.667. The number of amides is 2.